The third-order valence-corrected chi connectivity index (χ3v) is 3.47. The second kappa shape index (κ2) is 4.69. The summed E-state index contributed by atoms with van der Waals surface area (Å²) in [4.78, 5) is 30.0. The van der Waals surface area contributed by atoms with Crippen LogP contribution >= 0.6 is 0 Å². The summed E-state index contributed by atoms with van der Waals surface area (Å²) >= 11 is 0. The van der Waals surface area contributed by atoms with Crippen LogP contribution in [0.15, 0.2) is 11.1 Å². The number of hydrogen-bond acceptors (Lipinski definition) is 6. The molecule has 2 amide bonds. The molecule has 0 saturated carbocycles. The first kappa shape index (κ1) is 12.4. The zero-order chi connectivity index (χ0) is 13.3. The summed E-state index contributed by atoms with van der Waals surface area (Å²) in [6.45, 7) is 2.67. The molecule has 0 aromatic carbocycles. The van der Waals surface area contributed by atoms with E-state index in [1.807, 2.05) is 0 Å². The van der Waals surface area contributed by atoms with Crippen molar-refractivity contribution in [3.63, 3.8) is 0 Å². The molecule has 0 radical (unpaired) electrons. The SMILES string of the molecule is CC(=O)Nc1ncc2c(n1)N[C@@H](NC(C)=O)[S@@]2=O. The first-order chi connectivity index (χ1) is 8.47. The number of anilines is 2. The maximum atomic E-state index is 11.9. The summed E-state index contributed by atoms with van der Waals surface area (Å²) in [6, 6.07) is 0. The Bertz CT molecular complexity index is 547. The Morgan fingerprint density at radius 3 is 2.72 bits per heavy atom. The van der Waals surface area contributed by atoms with Crippen LogP contribution in [0.25, 0.3) is 0 Å². The van der Waals surface area contributed by atoms with Crippen molar-refractivity contribution in [3.8, 4) is 0 Å². The van der Waals surface area contributed by atoms with Crippen molar-refractivity contribution in [2.75, 3.05) is 10.6 Å². The largest absolute Gasteiger partial charge is 0.338 e. The zero-order valence-electron chi connectivity index (χ0n) is 9.68. The number of hydrogen-bond donors (Lipinski definition) is 3. The minimum atomic E-state index is -1.46. The summed E-state index contributed by atoms with van der Waals surface area (Å²) in [6.07, 6.45) is 1.36. The lowest BCUT2D eigenvalue weighted by molar-refractivity contribution is -0.119. The van der Waals surface area contributed by atoms with Gasteiger partial charge in [-0.25, -0.2) is 9.19 Å². The molecule has 1 aliphatic rings. The normalized spacial score (nSPS) is 20.8. The van der Waals surface area contributed by atoms with Crippen LogP contribution in [-0.4, -0.2) is 31.5 Å². The molecular weight excluding hydrogens is 258 g/mol. The molecule has 1 aromatic heterocycles. The second-order valence-corrected chi connectivity index (χ2v) is 5.12. The standard InChI is InChI=1S/C9H11N5O3S/c1-4(15)11-8-10-3-6-7(13-8)14-9(18(6)17)12-5(2)16/h3,9H,1-2H3,(H,12,16)(H2,10,11,13,14,15)/t9-,18-/m1/s1. The molecular formula is C9H11N5O3S. The highest BCUT2D eigenvalue weighted by atomic mass is 32.2. The van der Waals surface area contributed by atoms with Gasteiger partial charge in [0.25, 0.3) is 0 Å². The van der Waals surface area contributed by atoms with Crippen LogP contribution in [0.1, 0.15) is 13.8 Å². The molecule has 0 unspecified atom stereocenters. The van der Waals surface area contributed by atoms with Crippen LogP contribution in [0.4, 0.5) is 11.8 Å². The van der Waals surface area contributed by atoms with Crippen molar-refractivity contribution in [3.05, 3.63) is 6.20 Å². The third kappa shape index (κ3) is 2.45. The molecule has 0 bridgehead atoms. The fraction of sp³-hybridized carbons (Fsp3) is 0.333. The number of carbonyl (C=O) groups is 2. The molecule has 1 aromatic rings. The molecule has 0 aliphatic carbocycles. The smallest absolute Gasteiger partial charge is 0.231 e. The lowest BCUT2D eigenvalue weighted by Gasteiger charge is -2.09. The summed E-state index contributed by atoms with van der Waals surface area (Å²) in [5, 5.41) is 7.71. The molecule has 1 aliphatic heterocycles. The Morgan fingerprint density at radius 1 is 1.39 bits per heavy atom. The van der Waals surface area contributed by atoms with Gasteiger partial charge in [-0.1, -0.05) is 0 Å². The summed E-state index contributed by atoms with van der Waals surface area (Å²) in [5.41, 5.74) is -0.723. The number of aromatic nitrogens is 2. The maximum absolute atomic E-state index is 11.9. The molecule has 3 N–H and O–H groups in total. The van der Waals surface area contributed by atoms with Crippen molar-refractivity contribution in [2.45, 2.75) is 24.2 Å². The third-order valence-electron chi connectivity index (χ3n) is 2.08. The van der Waals surface area contributed by atoms with Crippen LogP contribution in [0.3, 0.4) is 0 Å². The van der Waals surface area contributed by atoms with Crippen molar-refractivity contribution < 1.29 is 13.8 Å². The van der Waals surface area contributed by atoms with Gasteiger partial charge in [0.15, 0.2) is 5.50 Å². The van der Waals surface area contributed by atoms with E-state index >= 15 is 0 Å². The van der Waals surface area contributed by atoms with Crippen LogP contribution in [0, 0.1) is 0 Å². The number of fused-ring (bicyclic) bond motifs is 1. The Kier molecular flexibility index (Phi) is 3.24. The van der Waals surface area contributed by atoms with Gasteiger partial charge in [-0.3, -0.25) is 14.9 Å². The quantitative estimate of drug-likeness (QED) is 0.660. The molecule has 2 rings (SSSR count). The monoisotopic (exact) mass is 269 g/mol. The van der Waals surface area contributed by atoms with Crippen molar-refractivity contribution in [2.24, 2.45) is 0 Å². The van der Waals surface area contributed by atoms with Gasteiger partial charge in [0.2, 0.25) is 17.8 Å². The lowest BCUT2D eigenvalue weighted by atomic mass is 10.5. The van der Waals surface area contributed by atoms with E-state index in [0.29, 0.717) is 10.7 Å². The first-order valence-corrected chi connectivity index (χ1v) is 6.27. The van der Waals surface area contributed by atoms with E-state index in [9.17, 15) is 13.8 Å². The zero-order valence-corrected chi connectivity index (χ0v) is 10.5. The van der Waals surface area contributed by atoms with Gasteiger partial charge in [0, 0.05) is 13.8 Å². The molecule has 0 fully saturated rings. The van der Waals surface area contributed by atoms with E-state index in [0.717, 1.165) is 0 Å². The van der Waals surface area contributed by atoms with Gasteiger partial charge < -0.3 is 10.6 Å². The first-order valence-electron chi connectivity index (χ1n) is 5.06. The van der Waals surface area contributed by atoms with Crippen molar-refractivity contribution in [1.82, 2.24) is 15.3 Å². The summed E-state index contributed by atoms with van der Waals surface area (Å²) < 4.78 is 11.9. The second-order valence-electron chi connectivity index (χ2n) is 3.61. The Morgan fingerprint density at radius 2 is 2.11 bits per heavy atom. The van der Waals surface area contributed by atoms with Crippen LogP contribution in [-0.2, 0) is 20.4 Å². The lowest BCUT2D eigenvalue weighted by Crippen LogP contribution is -2.39. The highest BCUT2D eigenvalue weighted by Crippen LogP contribution is 2.26. The number of rotatable bonds is 2. The van der Waals surface area contributed by atoms with E-state index in [1.165, 1.54) is 20.0 Å². The minimum Gasteiger partial charge on any atom is -0.338 e. The number of carbonyl (C=O) groups excluding carboxylic acids is 2. The van der Waals surface area contributed by atoms with Gasteiger partial charge in [-0.15, -0.1) is 0 Å². The summed E-state index contributed by atoms with van der Waals surface area (Å²) in [5.74, 6) is -0.142. The number of nitrogens with zero attached hydrogens (tertiary/aromatic N) is 2. The fourth-order valence-electron chi connectivity index (χ4n) is 1.42. The molecule has 0 spiro atoms. The Balaban J connectivity index is 2.23. The van der Waals surface area contributed by atoms with Crippen LogP contribution in [0.5, 0.6) is 0 Å². The van der Waals surface area contributed by atoms with Crippen molar-refractivity contribution >= 4 is 34.4 Å². The van der Waals surface area contributed by atoms with Crippen LogP contribution < -0.4 is 16.0 Å². The molecule has 2 heterocycles. The molecule has 0 saturated heterocycles. The predicted molar refractivity (Wildman–Crippen MR) is 64.0 cm³/mol. The average molecular weight is 269 g/mol. The fourth-order valence-corrected chi connectivity index (χ4v) is 2.62. The summed E-state index contributed by atoms with van der Waals surface area (Å²) in [7, 11) is -1.46. The van der Waals surface area contributed by atoms with E-state index in [1.54, 1.807) is 0 Å². The molecule has 2 atom stereocenters. The molecule has 18 heavy (non-hydrogen) atoms. The Hall–Kier alpha value is -2.03. The molecule has 8 nitrogen and oxygen atoms in total. The number of nitrogens with one attached hydrogen (secondary N) is 3. The molecule has 96 valence electrons. The van der Waals surface area contributed by atoms with Crippen molar-refractivity contribution in [1.29, 1.82) is 0 Å². The van der Waals surface area contributed by atoms with E-state index < -0.39 is 16.3 Å². The van der Waals surface area contributed by atoms with Gasteiger partial charge in [-0.05, 0) is 0 Å². The van der Waals surface area contributed by atoms with Crippen LogP contribution in [0.2, 0.25) is 0 Å². The predicted octanol–water partition coefficient (Wildman–Crippen LogP) is -0.612. The molecule has 9 heteroatoms. The van der Waals surface area contributed by atoms with Gasteiger partial charge >= 0.3 is 0 Å². The average Bonchev–Trinajstić information content (AvgIpc) is 2.54. The topological polar surface area (TPSA) is 113 Å². The minimum absolute atomic E-state index is 0.120. The highest BCUT2D eigenvalue weighted by molar-refractivity contribution is 7.86. The maximum Gasteiger partial charge on any atom is 0.231 e. The van der Waals surface area contributed by atoms with Gasteiger partial charge in [0.1, 0.15) is 21.5 Å². The van der Waals surface area contributed by atoms with E-state index in [-0.39, 0.29) is 17.8 Å². The Labute approximate surface area is 105 Å². The number of amides is 2. The van der Waals surface area contributed by atoms with Gasteiger partial charge in [0.05, 0.1) is 6.20 Å². The highest BCUT2D eigenvalue weighted by Gasteiger charge is 2.31. The van der Waals surface area contributed by atoms with Gasteiger partial charge in [-0.2, -0.15) is 4.98 Å². The van der Waals surface area contributed by atoms with E-state index in [2.05, 4.69) is 25.9 Å². The van der Waals surface area contributed by atoms with E-state index in [4.69, 9.17) is 0 Å².